The number of furan rings is 1. The first-order valence-electron chi connectivity index (χ1n) is 10.3. The molecule has 33 heavy (non-hydrogen) atoms. The molecular weight excluding hydrogens is 444 g/mol. The zero-order valence-corrected chi connectivity index (χ0v) is 19.4. The summed E-state index contributed by atoms with van der Waals surface area (Å²) >= 11 is 0.948. The molecule has 3 heterocycles. The van der Waals surface area contributed by atoms with E-state index in [4.69, 9.17) is 9.15 Å². The summed E-state index contributed by atoms with van der Waals surface area (Å²) < 4.78 is 10.6. The van der Waals surface area contributed by atoms with Gasteiger partial charge in [0, 0.05) is 5.56 Å². The van der Waals surface area contributed by atoms with Crippen LogP contribution in [0.1, 0.15) is 50.8 Å². The lowest BCUT2D eigenvalue weighted by atomic mass is 9.96. The molecule has 1 saturated heterocycles. The van der Waals surface area contributed by atoms with Gasteiger partial charge in [0.1, 0.15) is 22.4 Å². The molecule has 1 aliphatic rings. The number of thiazole rings is 1. The maximum Gasteiger partial charge on any atom is 0.350 e. The summed E-state index contributed by atoms with van der Waals surface area (Å²) in [7, 11) is 0. The van der Waals surface area contributed by atoms with Crippen molar-refractivity contribution >= 4 is 39.9 Å². The monoisotopic (exact) mass is 466 g/mol. The normalized spacial score (nSPS) is 17.6. The van der Waals surface area contributed by atoms with Gasteiger partial charge in [-0.1, -0.05) is 29.0 Å². The van der Waals surface area contributed by atoms with Gasteiger partial charge < -0.3 is 14.3 Å². The van der Waals surface area contributed by atoms with Crippen LogP contribution in [0, 0.1) is 20.8 Å². The molecule has 1 atom stereocenters. The topological polar surface area (TPSA) is 110 Å². The molecule has 0 aliphatic carbocycles. The summed E-state index contributed by atoms with van der Waals surface area (Å²) in [6.45, 7) is 7.19. The van der Waals surface area contributed by atoms with Gasteiger partial charge in [0.2, 0.25) is 0 Å². The van der Waals surface area contributed by atoms with Crippen molar-refractivity contribution in [2.45, 2.75) is 33.7 Å². The molecule has 0 radical (unpaired) electrons. The molecule has 0 bridgehead atoms. The molecule has 9 heteroatoms. The number of esters is 1. The molecule has 1 fully saturated rings. The summed E-state index contributed by atoms with van der Waals surface area (Å²) in [5.74, 6) is -2.29. The lowest BCUT2D eigenvalue weighted by molar-refractivity contribution is -0.132. The smallest absolute Gasteiger partial charge is 0.350 e. The molecule has 1 N–H and O–H groups in total. The zero-order valence-electron chi connectivity index (χ0n) is 18.5. The number of benzene rings is 1. The lowest BCUT2D eigenvalue weighted by Crippen LogP contribution is -2.29. The molecule has 1 aromatic carbocycles. The van der Waals surface area contributed by atoms with Crippen molar-refractivity contribution in [3.8, 4) is 0 Å². The number of hydrogen-bond acceptors (Lipinski definition) is 8. The number of anilines is 1. The van der Waals surface area contributed by atoms with Crippen molar-refractivity contribution < 1.29 is 28.6 Å². The second-order valence-electron chi connectivity index (χ2n) is 7.63. The van der Waals surface area contributed by atoms with E-state index in [2.05, 4.69) is 4.98 Å². The predicted molar refractivity (Wildman–Crippen MR) is 122 cm³/mol. The quantitative estimate of drug-likeness (QED) is 0.256. The molecular formula is C24H22N2O6S. The Labute approximate surface area is 194 Å². The highest BCUT2D eigenvalue weighted by Gasteiger charge is 2.49. The van der Waals surface area contributed by atoms with E-state index < -0.39 is 23.7 Å². The molecule has 0 saturated carbocycles. The number of aliphatic hydroxyl groups is 1. The number of aromatic nitrogens is 1. The van der Waals surface area contributed by atoms with E-state index in [0.717, 1.165) is 27.4 Å². The van der Waals surface area contributed by atoms with E-state index in [-0.39, 0.29) is 33.7 Å². The van der Waals surface area contributed by atoms with Gasteiger partial charge in [0.25, 0.3) is 5.78 Å². The Kier molecular flexibility index (Phi) is 5.90. The maximum absolute atomic E-state index is 13.2. The summed E-state index contributed by atoms with van der Waals surface area (Å²) in [6, 6.07) is 7.68. The van der Waals surface area contributed by atoms with Crippen LogP contribution in [-0.2, 0) is 14.3 Å². The summed E-state index contributed by atoms with van der Waals surface area (Å²) in [4.78, 5) is 44.4. The Morgan fingerprint density at radius 1 is 1.24 bits per heavy atom. The van der Waals surface area contributed by atoms with Crippen LogP contribution in [0.25, 0.3) is 5.76 Å². The van der Waals surface area contributed by atoms with Crippen molar-refractivity contribution in [2.24, 2.45) is 0 Å². The number of ketones is 1. The molecule has 170 valence electrons. The predicted octanol–water partition coefficient (Wildman–Crippen LogP) is 4.46. The molecule has 1 aliphatic heterocycles. The Morgan fingerprint density at radius 3 is 2.67 bits per heavy atom. The van der Waals surface area contributed by atoms with Gasteiger partial charge in [-0.3, -0.25) is 14.5 Å². The third kappa shape index (κ3) is 3.84. The second-order valence-corrected chi connectivity index (χ2v) is 8.61. The van der Waals surface area contributed by atoms with Crippen molar-refractivity contribution in [1.29, 1.82) is 0 Å². The van der Waals surface area contributed by atoms with Gasteiger partial charge >= 0.3 is 11.9 Å². The van der Waals surface area contributed by atoms with Gasteiger partial charge in [-0.25, -0.2) is 9.78 Å². The molecule has 0 spiro atoms. The van der Waals surface area contributed by atoms with Crippen LogP contribution >= 0.6 is 11.3 Å². The van der Waals surface area contributed by atoms with Crippen LogP contribution in [0.3, 0.4) is 0 Å². The highest BCUT2D eigenvalue weighted by atomic mass is 32.1. The third-order valence-electron chi connectivity index (χ3n) is 5.36. The Balaban J connectivity index is 1.91. The summed E-state index contributed by atoms with van der Waals surface area (Å²) in [6.07, 6.45) is 1.42. The SMILES string of the molecule is CCOC(=O)c1sc(N2C(=O)C(=O)C(=C(O)c3cc(C)ccc3C)C2c2ccco2)nc1C. The molecule has 1 unspecified atom stereocenters. The number of aliphatic hydroxyl groups excluding tert-OH is 1. The van der Waals surface area contributed by atoms with Gasteiger partial charge in [-0.15, -0.1) is 0 Å². The molecule has 1 amide bonds. The number of Topliss-reactive ketones (excluding diaryl/α,β-unsaturated/α-hetero) is 1. The average Bonchev–Trinajstić information content (AvgIpc) is 3.49. The van der Waals surface area contributed by atoms with Crippen molar-refractivity contribution in [1.82, 2.24) is 4.98 Å². The van der Waals surface area contributed by atoms with E-state index >= 15 is 0 Å². The van der Waals surface area contributed by atoms with Gasteiger partial charge in [0.05, 0.1) is 24.1 Å². The Morgan fingerprint density at radius 2 is 2.00 bits per heavy atom. The fourth-order valence-electron chi connectivity index (χ4n) is 3.75. The summed E-state index contributed by atoms with van der Waals surface area (Å²) in [5.41, 5.74) is 2.36. The Hall–Kier alpha value is -3.72. The van der Waals surface area contributed by atoms with Crippen LogP contribution in [0.4, 0.5) is 5.13 Å². The molecule has 8 nitrogen and oxygen atoms in total. The van der Waals surface area contributed by atoms with Crippen molar-refractivity contribution in [3.63, 3.8) is 0 Å². The largest absolute Gasteiger partial charge is 0.507 e. The van der Waals surface area contributed by atoms with Crippen LogP contribution in [0.2, 0.25) is 0 Å². The summed E-state index contributed by atoms with van der Waals surface area (Å²) in [5, 5.41) is 11.4. The number of amides is 1. The van der Waals surface area contributed by atoms with Crippen molar-refractivity contribution in [3.05, 3.63) is 75.2 Å². The van der Waals surface area contributed by atoms with Crippen LogP contribution < -0.4 is 4.90 Å². The number of hydrogen-bond donors (Lipinski definition) is 1. The molecule has 2 aromatic heterocycles. The van der Waals surface area contributed by atoms with Gasteiger partial charge in [-0.2, -0.15) is 0 Å². The number of carbonyl (C=O) groups is 3. The van der Waals surface area contributed by atoms with Gasteiger partial charge in [0.15, 0.2) is 5.13 Å². The maximum atomic E-state index is 13.2. The van der Waals surface area contributed by atoms with E-state index in [9.17, 15) is 19.5 Å². The van der Waals surface area contributed by atoms with Crippen LogP contribution in [-0.4, -0.2) is 34.4 Å². The minimum atomic E-state index is -1.04. The molecule has 4 rings (SSSR count). The van der Waals surface area contributed by atoms with E-state index in [1.807, 2.05) is 26.0 Å². The van der Waals surface area contributed by atoms with E-state index in [1.165, 1.54) is 6.26 Å². The zero-order chi connectivity index (χ0) is 23.9. The number of nitrogens with zero attached hydrogens (tertiary/aromatic N) is 2. The lowest BCUT2D eigenvalue weighted by Gasteiger charge is -2.20. The fourth-order valence-corrected chi connectivity index (χ4v) is 4.74. The van der Waals surface area contributed by atoms with E-state index in [1.54, 1.807) is 32.0 Å². The van der Waals surface area contributed by atoms with Crippen molar-refractivity contribution in [2.75, 3.05) is 11.5 Å². The highest BCUT2D eigenvalue weighted by Crippen LogP contribution is 2.44. The van der Waals surface area contributed by atoms with Crippen LogP contribution in [0.15, 0.2) is 46.6 Å². The average molecular weight is 467 g/mol. The van der Waals surface area contributed by atoms with Crippen LogP contribution in [0.5, 0.6) is 0 Å². The van der Waals surface area contributed by atoms with E-state index in [0.29, 0.717) is 11.3 Å². The first-order chi connectivity index (χ1) is 15.7. The number of carbonyl (C=O) groups excluding carboxylic acids is 3. The highest BCUT2D eigenvalue weighted by molar-refractivity contribution is 7.17. The third-order valence-corrected chi connectivity index (χ3v) is 6.49. The number of rotatable bonds is 5. The van der Waals surface area contributed by atoms with Gasteiger partial charge in [-0.05, 0) is 51.5 Å². The standard InChI is InChI=1S/C24H22N2O6S/c1-5-31-23(30)21-14(4)25-24(33-21)26-18(16-7-6-10-32-16)17(20(28)22(26)29)19(27)15-11-12(2)8-9-13(15)3/h6-11,18,27H,5H2,1-4H3. The first kappa shape index (κ1) is 22.5. The Bertz CT molecular complexity index is 1290. The minimum Gasteiger partial charge on any atom is -0.507 e. The minimum absolute atomic E-state index is 0.103. The number of aryl methyl sites for hydroxylation is 3. The second kappa shape index (κ2) is 8.67. The fraction of sp³-hybridized carbons (Fsp3) is 0.250. The first-order valence-corrected chi connectivity index (χ1v) is 11.1. The molecule has 3 aromatic rings. The number of ether oxygens (including phenoxy) is 1.